The Morgan fingerprint density at radius 3 is 2.88 bits per heavy atom. The van der Waals surface area contributed by atoms with E-state index in [1.807, 2.05) is 13.8 Å². The van der Waals surface area contributed by atoms with Gasteiger partial charge in [-0.1, -0.05) is 6.07 Å². The first-order valence-electron chi connectivity index (χ1n) is 5.71. The zero-order valence-corrected chi connectivity index (χ0v) is 9.74. The number of ether oxygens (including phenoxy) is 1. The number of aryl methyl sites for hydroxylation is 1. The average Bonchev–Trinajstić information content (AvgIpc) is 2.67. The van der Waals surface area contributed by atoms with Crippen LogP contribution in [-0.4, -0.2) is 12.7 Å². The lowest BCUT2D eigenvalue weighted by molar-refractivity contribution is 0.118. The lowest BCUT2D eigenvalue weighted by atomic mass is 9.89. The summed E-state index contributed by atoms with van der Waals surface area (Å²) in [6.45, 7) is 4.69. The molecule has 1 fully saturated rings. The Balaban J connectivity index is 2.20. The zero-order valence-electron chi connectivity index (χ0n) is 9.74. The minimum absolute atomic E-state index is 0.124. The van der Waals surface area contributed by atoms with Crippen molar-refractivity contribution >= 4 is 0 Å². The fourth-order valence-corrected chi connectivity index (χ4v) is 2.32. The maximum atomic E-state index is 13.2. The molecule has 16 heavy (non-hydrogen) atoms. The summed E-state index contributed by atoms with van der Waals surface area (Å²) < 4.78 is 18.7. The van der Waals surface area contributed by atoms with Gasteiger partial charge < -0.3 is 10.5 Å². The van der Waals surface area contributed by atoms with Crippen molar-refractivity contribution in [2.45, 2.75) is 32.4 Å². The van der Waals surface area contributed by atoms with Crippen molar-refractivity contribution in [2.24, 2.45) is 11.7 Å². The van der Waals surface area contributed by atoms with Crippen LogP contribution in [0.1, 0.15) is 30.5 Å². The Morgan fingerprint density at radius 1 is 1.50 bits per heavy atom. The lowest BCUT2D eigenvalue weighted by Gasteiger charge is -2.20. The number of hydrogen-bond donors (Lipinski definition) is 1. The van der Waals surface area contributed by atoms with Crippen molar-refractivity contribution in [3.8, 4) is 0 Å². The molecule has 0 radical (unpaired) electrons. The third kappa shape index (κ3) is 2.25. The predicted molar refractivity (Wildman–Crippen MR) is 61.6 cm³/mol. The highest BCUT2D eigenvalue weighted by molar-refractivity contribution is 5.30. The second-order valence-electron chi connectivity index (χ2n) is 4.67. The molecule has 3 atom stereocenters. The quantitative estimate of drug-likeness (QED) is 0.836. The molecule has 1 saturated heterocycles. The van der Waals surface area contributed by atoms with Gasteiger partial charge in [0, 0.05) is 12.0 Å². The molecule has 2 nitrogen and oxygen atoms in total. The summed E-state index contributed by atoms with van der Waals surface area (Å²) in [4.78, 5) is 0. The Labute approximate surface area is 95.6 Å². The molecule has 2 rings (SSSR count). The highest BCUT2D eigenvalue weighted by Gasteiger charge is 2.29. The molecule has 0 amide bonds. The Morgan fingerprint density at radius 2 is 2.25 bits per heavy atom. The van der Waals surface area contributed by atoms with E-state index in [4.69, 9.17) is 10.5 Å². The normalized spacial score (nSPS) is 27.0. The molecule has 0 aromatic heterocycles. The predicted octanol–water partition coefficient (Wildman–Crippen LogP) is 2.56. The van der Waals surface area contributed by atoms with Crippen molar-refractivity contribution in [1.29, 1.82) is 0 Å². The van der Waals surface area contributed by atoms with Crippen LogP contribution in [0.25, 0.3) is 0 Å². The maximum absolute atomic E-state index is 13.2. The molecule has 2 N–H and O–H groups in total. The van der Waals surface area contributed by atoms with Gasteiger partial charge in [-0.3, -0.25) is 0 Å². The monoisotopic (exact) mass is 223 g/mol. The van der Waals surface area contributed by atoms with Crippen LogP contribution in [0.5, 0.6) is 0 Å². The second kappa shape index (κ2) is 4.52. The maximum Gasteiger partial charge on any atom is 0.123 e. The number of hydrogen-bond acceptors (Lipinski definition) is 2. The summed E-state index contributed by atoms with van der Waals surface area (Å²) >= 11 is 0. The first kappa shape index (κ1) is 11.6. The topological polar surface area (TPSA) is 35.2 Å². The van der Waals surface area contributed by atoms with Gasteiger partial charge in [0.2, 0.25) is 0 Å². The van der Waals surface area contributed by atoms with Gasteiger partial charge >= 0.3 is 0 Å². The smallest absolute Gasteiger partial charge is 0.123 e. The van der Waals surface area contributed by atoms with E-state index in [0.717, 1.165) is 17.5 Å². The summed E-state index contributed by atoms with van der Waals surface area (Å²) in [7, 11) is 0. The molecule has 3 unspecified atom stereocenters. The molecule has 3 heteroatoms. The van der Waals surface area contributed by atoms with Gasteiger partial charge in [0.25, 0.3) is 0 Å². The average molecular weight is 223 g/mol. The highest BCUT2D eigenvalue weighted by atomic mass is 19.1. The summed E-state index contributed by atoms with van der Waals surface area (Å²) in [6.07, 6.45) is 1.22. The third-order valence-electron chi connectivity index (χ3n) is 3.34. The first-order valence-corrected chi connectivity index (χ1v) is 5.71. The third-order valence-corrected chi connectivity index (χ3v) is 3.34. The van der Waals surface area contributed by atoms with E-state index in [1.165, 1.54) is 6.07 Å². The van der Waals surface area contributed by atoms with Crippen molar-refractivity contribution in [3.05, 3.63) is 35.1 Å². The van der Waals surface area contributed by atoms with Crippen LogP contribution in [0.4, 0.5) is 4.39 Å². The molecule has 0 spiro atoms. The number of benzene rings is 1. The number of halogens is 1. The van der Waals surface area contributed by atoms with Crippen LogP contribution in [-0.2, 0) is 4.74 Å². The summed E-state index contributed by atoms with van der Waals surface area (Å²) in [5.41, 5.74) is 8.14. The van der Waals surface area contributed by atoms with E-state index in [0.29, 0.717) is 12.5 Å². The van der Waals surface area contributed by atoms with Gasteiger partial charge in [0.15, 0.2) is 0 Å². The molecule has 88 valence electrons. The van der Waals surface area contributed by atoms with Crippen LogP contribution in [0.3, 0.4) is 0 Å². The van der Waals surface area contributed by atoms with Gasteiger partial charge in [0.05, 0.1) is 12.7 Å². The molecule has 0 saturated carbocycles. The molecule has 0 aliphatic carbocycles. The minimum atomic E-state index is -0.219. The van der Waals surface area contributed by atoms with Crippen molar-refractivity contribution < 1.29 is 9.13 Å². The van der Waals surface area contributed by atoms with Crippen molar-refractivity contribution in [2.75, 3.05) is 6.61 Å². The second-order valence-corrected chi connectivity index (χ2v) is 4.67. The highest BCUT2D eigenvalue weighted by Crippen LogP contribution is 2.31. The molecular weight excluding hydrogens is 205 g/mol. The zero-order chi connectivity index (χ0) is 11.7. The molecule has 1 aromatic rings. The van der Waals surface area contributed by atoms with E-state index in [9.17, 15) is 4.39 Å². The van der Waals surface area contributed by atoms with E-state index in [2.05, 4.69) is 0 Å². The molecule has 1 aliphatic heterocycles. The van der Waals surface area contributed by atoms with Gasteiger partial charge in [-0.05, 0) is 43.5 Å². The summed E-state index contributed by atoms with van der Waals surface area (Å²) in [5.74, 6) is 0.0820. The van der Waals surface area contributed by atoms with Gasteiger partial charge in [-0.2, -0.15) is 0 Å². The minimum Gasteiger partial charge on any atom is -0.378 e. The summed E-state index contributed by atoms with van der Waals surface area (Å²) in [5, 5.41) is 0. The Kier molecular flexibility index (Phi) is 3.26. The van der Waals surface area contributed by atoms with Crippen LogP contribution in [0.2, 0.25) is 0 Å². The largest absolute Gasteiger partial charge is 0.378 e. The Bertz CT molecular complexity index is 380. The summed E-state index contributed by atoms with van der Waals surface area (Å²) in [6, 6.07) is 4.67. The van der Waals surface area contributed by atoms with Gasteiger partial charge in [0.1, 0.15) is 5.82 Å². The standard InChI is InChI=1S/C13H18FNO/c1-8-3-4-11(14)6-12(8)13(15)10-5-9(2)16-7-10/h3-4,6,9-10,13H,5,7,15H2,1-2H3. The number of rotatable bonds is 2. The van der Waals surface area contributed by atoms with Crippen LogP contribution < -0.4 is 5.73 Å². The van der Waals surface area contributed by atoms with E-state index in [-0.39, 0.29) is 18.0 Å². The van der Waals surface area contributed by atoms with E-state index >= 15 is 0 Å². The van der Waals surface area contributed by atoms with Crippen molar-refractivity contribution in [1.82, 2.24) is 0 Å². The molecule has 1 aromatic carbocycles. The van der Waals surface area contributed by atoms with Crippen LogP contribution in [0.15, 0.2) is 18.2 Å². The van der Waals surface area contributed by atoms with Crippen LogP contribution in [0, 0.1) is 18.7 Å². The Hall–Kier alpha value is -0.930. The van der Waals surface area contributed by atoms with Gasteiger partial charge in [-0.15, -0.1) is 0 Å². The fraction of sp³-hybridized carbons (Fsp3) is 0.538. The number of nitrogens with two attached hydrogens (primary N) is 1. The van der Waals surface area contributed by atoms with Crippen LogP contribution >= 0.6 is 0 Å². The molecule has 1 aliphatic rings. The molecule has 1 heterocycles. The first-order chi connectivity index (χ1) is 7.58. The SMILES string of the molecule is Cc1ccc(F)cc1C(N)C1COC(C)C1. The van der Waals surface area contributed by atoms with Gasteiger partial charge in [-0.25, -0.2) is 4.39 Å². The molecule has 0 bridgehead atoms. The lowest BCUT2D eigenvalue weighted by Crippen LogP contribution is -2.22. The van der Waals surface area contributed by atoms with E-state index < -0.39 is 0 Å². The van der Waals surface area contributed by atoms with Crippen molar-refractivity contribution in [3.63, 3.8) is 0 Å². The molecular formula is C13H18FNO. The van der Waals surface area contributed by atoms with E-state index in [1.54, 1.807) is 12.1 Å². The fourth-order valence-electron chi connectivity index (χ4n) is 2.32.